The number of hydrogen-bond acceptors (Lipinski definition) is 7. The van der Waals surface area contributed by atoms with Crippen molar-refractivity contribution in [3.05, 3.63) is 11.8 Å². The van der Waals surface area contributed by atoms with Crippen molar-refractivity contribution in [2.45, 2.75) is 61.4 Å². The summed E-state index contributed by atoms with van der Waals surface area (Å²) in [5, 5.41) is 30.8. The molecular formula is C21H31N5O5S. The molecule has 0 radical (unpaired) electrons. The number of aliphatic hydroxyl groups is 1. The highest BCUT2D eigenvalue weighted by molar-refractivity contribution is 8.02. The summed E-state index contributed by atoms with van der Waals surface area (Å²) in [4.78, 5) is 42.8. The Kier molecular flexibility index (Phi) is 6.01. The van der Waals surface area contributed by atoms with Gasteiger partial charge >= 0.3 is 5.97 Å². The molecule has 6 unspecified atom stereocenters. The molecule has 32 heavy (non-hydrogen) atoms. The number of rotatable bonds is 6. The number of carboxylic acid groups (broad SMARTS) is 1. The van der Waals surface area contributed by atoms with Crippen molar-refractivity contribution in [2.24, 2.45) is 5.92 Å². The van der Waals surface area contributed by atoms with E-state index in [1.54, 1.807) is 13.0 Å². The number of nitrogens with one attached hydrogen (secondary N) is 2. The minimum Gasteiger partial charge on any atom is -0.477 e. The van der Waals surface area contributed by atoms with Gasteiger partial charge in [-0.3, -0.25) is 19.9 Å². The Hall–Kier alpha value is -2.11. The van der Waals surface area contributed by atoms with Crippen LogP contribution in [0.5, 0.6) is 0 Å². The molecule has 0 aliphatic carbocycles. The fourth-order valence-electron chi connectivity index (χ4n) is 5.53. The number of piperazine rings is 1. The van der Waals surface area contributed by atoms with Crippen LogP contribution < -0.4 is 5.32 Å². The van der Waals surface area contributed by atoms with E-state index in [0.717, 1.165) is 0 Å². The SMILES string of the molecule is CC1C=C(C(=O)O)N2C(=O)C(SC3CNC(C(=O)N4CCN(C=N)C(C)C4)C3)(C(C)O)[C@H]12. The van der Waals surface area contributed by atoms with Gasteiger partial charge in [-0.05, 0) is 32.3 Å². The molecule has 0 saturated carbocycles. The molecule has 4 N–H and O–H groups in total. The van der Waals surface area contributed by atoms with Crippen LogP contribution in [-0.4, -0.2) is 109 Å². The molecule has 2 amide bonds. The number of nitrogens with zero attached hydrogens (tertiary/aromatic N) is 3. The van der Waals surface area contributed by atoms with E-state index in [9.17, 15) is 24.6 Å². The predicted molar refractivity (Wildman–Crippen MR) is 119 cm³/mol. The minimum absolute atomic E-state index is 0.0137. The smallest absolute Gasteiger partial charge is 0.352 e. The van der Waals surface area contributed by atoms with Gasteiger partial charge in [-0.2, -0.15) is 0 Å². The summed E-state index contributed by atoms with van der Waals surface area (Å²) in [6, 6.07) is -0.665. The van der Waals surface area contributed by atoms with E-state index in [1.165, 1.54) is 23.0 Å². The van der Waals surface area contributed by atoms with Gasteiger partial charge in [0.2, 0.25) is 11.8 Å². The predicted octanol–water partition coefficient (Wildman–Crippen LogP) is -0.462. The maximum Gasteiger partial charge on any atom is 0.352 e. The third-order valence-corrected chi connectivity index (χ3v) is 9.04. The first-order chi connectivity index (χ1) is 15.1. The van der Waals surface area contributed by atoms with Gasteiger partial charge in [-0.15, -0.1) is 11.8 Å². The molecule has 4 rings (SSSR count). The molecule has 3 fully saturated rings. The Morgan fingerprint density at radius 1 is 1.38 bits per heavy atom. The first-order valence-electron chi connectivity index (χ1n) is 11.0. The molecule has 0 aromatic heterocycles. The van der Waals surface area contributed by atoms with E-state index < -0.39 is 22.9 Å². The molecule has 3 saturated heterocycles. The summed E-state index contributed by atoms with van der Waals surface area (Å²) in [6.45, 7) is 7.76. The Morgan fingerprint density at radius 2 is 2.09 bits per heavy atom. The van der Waals surface area contributed by atoms with Gasteiger partial charge in [0.25, 0.3) is 0 Å². The number of carbonyl (C=O) groups excluding carboxylic acids is 2. The fourth-order valence-corrected chi connectivity index (χ4v) is 7.41. The minimum atomic E-state index is -1.14. The van der Waals surface area contributed by atoms with Crippen molar-refractivity contribution < 1.29 is 24.6 Å². The summed E-state index contributed by atoms with van der Waals surface area (Å²) in [5.41, 5.74) is -0.0137. The Labute approximate surface area is 191 Å². The van der Waals surface area contributed by atoms with Crippen LogP contribution in [0.25, 0.3) is 0 Å². The zero-order valence-corrected chi connectivity index (χ0v) is 19.3. The second kappa shape index (κ2) is 8.35. The van der Waals surface area contributed by atoms with Crippen molar-refractivity contribution in [2.75, 3.05) is 26.2 Å². The molecule has 0 aromatic rings. The number of aliphatic hydroxyl groups excluding tert-OH is 1. The number of aliphatic carboxylic acids is 1. The third kappa shape index (κ3) is 3.41. The Morgan fingerprint density at radius 3 is 2.69 bits per heavy atom. The highest BCUT2D eigenvalue weighted by Crippen LogP contribution is 2.55. The lowest BCUT2D eigenvalue weighted by Gasteiger charge is -2.56. The lowest BCUT2D eigenvalue weighted by molar-refractivity contribution is -0.158. The van der Waals surface area contributed by atoms with Crippen molar-refractivity contribution in [1.29, 1.82) is 5.41 Å². The fraction of sp³-hybridized carbons (Fsp3) is 0.714. The van der Waals surface area contributed by atoms with E-state index >= 15 is 0 Å². The van der Waals surface area contributed by atoms with Crippen molar-refractivity contribution in [3.8, 4) is 0 Å². The maximum absolute atomic E-state index is 13.1. The summed E-state index contributed by atoms with van der Waals surface area (Å²) in [5.74, 6) is -1.66. The van der Waals surface area contributed by atoms with Gasteiger partial charge in [-0.1, -0.05) is 6.92 Å². The summed E-state index contributed by atoms with van der Waals surface area (Å²) >= 11 is 1.39. The van der Waals surface area contributed by atoms with Crippen LogP contribution in [-0.2, 0) is 14.4 Å². The normalized spacial score (nSPS) is 37.6. The number of β-lactam (4-membered cyclic amide) rings is 1. The highest BCUT2D eigenvalue weighted by atomic mass is 32.2. The van der Waals surface area contributed by atoms with E-state index in [0.29, 0.717) is 32.6 Å². The quantitative estimate of drug-likeness (QED) is 0.235. The zero-order chi connectivity index (χ0) is 23.4. The number of hydrogen-bond donors (Lipinski definition) is 4. The molecule has 0 aromatic carbocycles. The Balaban J connectivity index is 1.42. The number of thioether (sulfide) groups is 1. The monoisotopic (exact) mass is 465 g/mol. The molecular weight excluding hydrogens is 434 g/mol. The van der Waals surface area contributed by atoms with Gasteiger partial charge in [0.1, 0.15) is 10.4 Å². The summed E-state index contributed by atoms with van der Waals surface area (Å²) in [7, 11) is 0. The molecule has 11 heteroatoms. The molecule has 0 spiro atoms. The lowest BCUT2D eigenvalue weighted by atomic mass is 9.78. The van der Waals surface area contributed by atoms with E-state index in [2.05, 4.69) is 5.32 Å². The molecule has 176 valence electrons. The lowest BCUT2D eigenvalue weighted by Crippen LogP contribution is -2.76. The van der Waals surface area contributed by atoms with Gasteiger partial charge in [0, 0.05) is 37.5 Å². The largest absolute Gasteiger partial charge is 0.477 e. The van der Waals surface area contributed by atoms with Crippen LogP contribution in [0.4, 0.5) is 0 Å². The number of carboxylic acids is 1. The zero-order valence-electron chi connectivity index (χ0n) is 18.5. The van der Waals surface area contributed by atoms with Crippen molar-refractivity contribution in [3.63, 3.8) is 0 Å². The van der Waals surface area contributed by atoms with Gasteiger partial charge < -0.3 is 25.3 Å². The van der Waals surface area contributed by atoms with E-state index in [-0.39, 0.29) is 40.8 Å². The van der Waals surface area contributed by atoms with Crippen LogP contribution in [0.2, 0.25) is 0 Å². The van der Waals surface area contributed by atoms with Gasteiger partial charge in [-0.25, -0.2) is 4.79 Å². The standard InChI is InChI=1S/C21H31N5O5S/c1-11-6-16(19(29)30)26-17(11)21(13(3)27,20(26)31)32-14-7-15(23-8-14)18(28)24-4-5-25(10-22)12(2)9-24/h6,10-15,17,22-23,27H,4-5,7-9H2,1-3H3,(H,29,30)/t11?,12?,13?,14?,15?,17-,21?/m0/s1. The van der Waals surface area contributed by atoms with Crippen LogP contribution in [0.15, 0.2) is 11.8 Å². The molecule has 4 aliphatic heterocycles. The van der Waals surface area contributed by atoms with Crippen LogP contribution in [0, 0.1) is 11.3 Å². The van der Waals surface area contributed by atoms with Crippen molar-refractivity contribution in [1.82, 2.24) is 20.0 Å². The first-order valence-corrected chi connectivity index (χ1v) is 11.9. The van der Waals surface area contributed by atoms with Crippen LogP contribution >= 0.6 is 11.8 Å². The second-order valence-corrected chi connectivity index (χ2v) is 10.8. The molecule has 7 atom stereocenters. The highest BCUT2D eigenvalue weighted by Gasteiger charge is 2.69. The van der Waals surface area contributed by atoms with Gasteiger partial charge in [0.05, 0.1) is 24.5 Å². The summed E-state index contributed by atoms with van der Waals surface area (Å²) in [6.07, 6.45) is 2.50. The van der Waals surface area contributed by atoms with Crippen molar-refractivity contribution >= 4 is 35.9 Å². The first kappa shape index (κ1) is 23.1. The van der Waals surface area contributed by atoms with Crippen LogP contribution in [0.1, 0.15) is 27.2 Å². The molecule has 0 bridgehead atoms. The van der Waals surface area contributed by atoms with E-state index in [1.807, 2.05) is 23.6 Å². The molecule has 4 heterocycles. The van der Waals surface area contributed by atoms with E-state index in [4.69, 9.17) is 5.41 Å². The maximum atomic E-state index is 13.1. The second-order valence-electron chi connectivity index (χ2n) is 9.24. The molecule has 4 aliphatic rings. The topological polar surface area (TPSA) is 137 Å². The van der Waals surface area contributed by atoms with Gasteiger partial charge in [0.15, 0.2) is 0 Å². The summed E-state index contributed by atoms with van der Waals surface area (Å²) < 4.78 is -1.11. The third-order valence-electron chi connectivity index (χ3n) is 7.20. The average Bonchev–Trinajstić information content (AvgIpc) is 3.33. The number of fused-ring (bicyclic) bond motifs is 1. The average molecular weight is 466 g/mol. The molecule has 10 nitrogen and oxygen atoms in total. The number of amides is 2. The van der Waals surface area contributed by atoms with Crippen LogP contribution in [0.3, 0.4) is 0 Å². The number of carbonyl (C=O) groups is 3. The Bertz CT molecular complexity index is 866.